The van der Waals surface area contributed by atoms with Gasteiger partial charge in [0.15, 0.2) is 11.5 Å². The summed E-state index contributed by atoms with van der Waals surface area (Å²) in [5.74, 6) is -1.12. The maximum atomic E-state index is 14.4. The van der Waals surface area contributed by atoms with Crippen molar-refractivity contribution < 1.29 is 18.1 Å². The summed E-state index contributed by atoms with van der Waals surface area (Å²) in [6.07, 6.45) is 2.02. The van der Waals surface area contributed by atoms with Crippen molar-refractivity contribution in [3.8, 4) is 11.3 Å². The molecule has 7 heteroatoms. The molecule has 1 fully saturated rings. The van der Waals surface area contributed by atoms with Crippen LogP contribution in [-0.4, -0.2) is 35.6 Å². The minimum absolute atomic E-state index is 0.158. The SMILES string of the molecule is Cc1ccc(-c2cc(C(=O)NC[C@H](c3ccc(F)cc3F)N3CCCC3)no2)cc1. The molecule has 2 heterocycles. The Hall–Kier alpha value is -3.06. The summed E-state index contributed by atoms with van der Waals surface area (Å²) < 4.78 is 33.1. The molecule has 1 saturated heterocycles. The number of rotatable bonds is 6. The lowest BCUT2D eigenvalue weighted by atomic mass is 10.0. The number of hydrogen-bond donors (Lipinski definition) is 1. The Labute approximate surface area is 173 Å². The number of carbonyl (C=O) groups is 1. The van der Waals surface area contributed by atoms with Crippen LogP contribution in [-0.2, 0) is 0 Å². The second-order valence-electron chi connectivity index (χ2n) is 7.58. The van der Waals surface area contributed by atoms with Gasteiger partial charge >= 0.3 is 0 Å². The summed E-state index contributed by atoms with van der Waals surface area (Å²) in [4.78, 5) is 14.7. The van der Waals surface area contributed by atoms with Gasteiger partial charge in [0.2, 0.25) is 0 Å². The number of nitrogens with zero attached hydrogens (tertiary/aromatic N) is 2. The Kier molecular flexibility index (Phi) is 5.90. The average Bonchev–Trinajstić information content (AvgIpc) is 3.42. The molecule has 156 valence electrons. The van der Waals surface area contributed by atoms with Gasteiger partial charge in [-0.1, -0.05) is 41.1 Å². The maximum Gasteiger partial charge on any atom is 0.273 e. The molecule has 0 unspecified atom stereocenters. The first kappa shape index (κ1) is 20.2. The summed E-state index contributed by atoms with van der Waals surface area (Å²) in [5, 5.41) is 6.69. The summed E-state index contributed by atoms with van der Waals surface area (Å²) in [7, 11) is 0. The van der Waals surface area contributed by atoms with Crippen molar-refractivity contribution in [2.24, 2.45) is 0 Å². The smallest absolute Gasteiger partial charge is 0.273 e. The van der Waals surface area contributed by atoms with Gasteiger partial charge < -0.3 is 9.84 Å². The third kappa shape index (κ3) is 4.41. The Morgan fingerprint density at radius 3 is 2.57 bits per heavy atom. The van der Waals surface area contributed by atoms with Gasteiger partial charge in [0.25, 0.3) is 5.91 Å². The molecule has 1 atom stereocenters. The molecule has 30 heavy (non-hydrogen) atoms. The number of aromatic nitrogens is 1. The summed E-state index contributed by atoms with van der Waals surface area (Å²) in [6.45, 7) is 3.79. The number of amides is 1. The molecule has 2 aromatic carbocycles. The first-order valence-corrected chi connectivity index (χ1v) is 10.0. The van der Waals surface area contributed by atoms with Gasteiger partial charge in [-0.15, -0.1) is 0 Å². The van der Waals surface area contributed by atoms with Crippen LogP contribution in [0.2, 0.25) is 0 Å². The molecule has 1 aliphatic heterocycles. The van der Waals surface area contributed by atoms with Gasteiger partial charge in [-0.3, -0.25) is 9.69 Å². The summed E-state index contributed by atoms with van der Waals surface area (Å²) >= 11 is 0. The highest BCUT2D eigenvalue weighted by Gasteiger charge is 2.27. The van der Waals surface area contributed by atoms with Crippen LogP contribution in [0.4, 0.5) is 8.78 Å². The molecule has 4 rings (SSSR count). The van der Waals surface area contributed by atoms with Crippen molar-refractivity contribution in [3.05, 3.63) is 77.0 Å². The van der Waals surface area contributed by atoms with E-state index < -0.39 is 17.5 Å². The molecule has 1 aliphatic rings. The van der Waals surface area contributed by atoms with E-state index in [1.807, 2.05) is 31.2 Å². The van der Waals surface area contributed by atoms with Gasteiger partial charge in [0, 0.05) is 29.8 Å². The molecular formula is C23H23F2N3O2. The molecule has 1 N–H and O–H groups in total. The average molecular weight is 411 g/mol. The van der Waals surface area contributed by atoms with E-state index in [1.165, 1.54) is 12.1 Å². The van der Waals surface area contributed by atoms with Crippen molar-refractivity contribution in [1.29, 1.82) is 0 Å². The molecule has 0 radical (unpaired) electrons. The normalized spacial score (nSPS) is 15.3. The van der Waals surface area contributed by atoms with Crippen molar-refractivity contribution >= 4 is 5.91 Å². The number of benzene rings is 2. The van der Waals surface area contributed by atoms with E-state index in [-0.39, 0.29) is 18.3 Å². The van der Waals surface area contributed by atoms with E-state index in [4.69, 9.17) is 4.52 Å². The fraction of sp³-hybridized carbons (Fsp3) is 0.304. The number of halogens is 2. The zero-order chi connectivity index (χ0) is 21.1. The van der Waals surface area contributed by atoms with Gasteiger partial charge in [-0.2, -0.15) is 0 Å². The molecule has 0 aliphatic carbocycles. The van der Waals surface area contributed by atoms with E-state index in [0.717, 1.165) is 43.1 Å². The van der Waals surface area contributed by atoms with Crippen LogP contribution in [0.15, 0.2) is 53.1 Å². The van der Waals surface area contributed by atoms with E-state index in [1.54, 1.807) is 6.07 Å². The summed E-state index contributed by atoms with van der Waals surface area (Å²) in [6, 6.07) is 12.5. The standard InChI is InChI=1S/C23H23F2N3O2/c1-15-4-6-16(7-5-15)22-13-20(27-30-22)23(29)26-14-21(28-10-2-3-11-28)18-9-8-17(24)12-19(18)25/h4-9,12-13,21H,2-3,10-11,14H2,1H3,(H,26,29)/t21-/m1/s1. The Morgan fingerprint density at radius 1 is 1.13 bits per heavy atom. The highest BCUT2D eigenvalue weighted by atomic mass is 19.1. The van der Waals surface area contributed by atoms with Gasteiger partial charge in [0.1, 0.15) is 11.6 Å². The number of aryl methyl sites for hydroxylation is 1. The minimum Gasteiger partial charge on any atom is -0.355 e. The molecule has 0 bridgehead atoms. The maximum absolute atomic E-state index is 14.4. The van der Waals surface area contributed by atoms with Gasteiger partial charge in [0.05, 0.1) is 6.04 Å². The third-order valence-corrected chi connectivity index (χ3v) is 5.44. The van der Waals surface area contributed by atoms with Gasteiger partial charge in [-0.05, 0) is 38.9 Å². The summed E-state index contributed by atoms with van der Waals surface area (Å²) in [5.41, 5.74) is 2.48. The first-order valence-electron chi connectivity index (χ1n) is 10.0. The lowest BCUT2D eigenvalue weighted by Crippen LogP contribution is -2.37. The van der Waals surface area contributed by atoms with E-state index >= 15 is 0 Å². The first-order chi connectivity index (χ1) is 14.5. The van der Waals surface area contributed by atoms with E-state index in [2.05, 4.69) is 15.4 Å². The lowest BCUT2D eigenvalue weighted by Gasteiger charge is -2.28. The van der Waals surface area contributed by atoms with Crippen molar-refractivity contribution in [1.82, 2.24) is 15.4 Å². The second kappa shape index (κ2) is 8.75. The lowest BCUT2D eigenvalue weighted by molar-refractivity contribution is 0.0928. The number of hydrogen-bond acceptors (Lipinski definition) is 4. The third-order valence-electron chi connectivity index (χ3n) is 5.44. The quantitative estimate of drug-likeness (QED) is 0.649. The minimum atomic E-state index is -0.619. The van der Waals surface area contributed by atoms with Crippen LogP contribution < -0.4 is 5.32 Å². The number of nitrogens with one attached hydrogen (secondary N) is 1. The molecule has 1 amide bonds. The zero-order valence-electron chi connectivity index (χ0n) is 16.7. The van der Waals surface area contributed by atoms with Crippen molar-refractivity contribution in [2.45, 2.75) is 25.8 Å². The molecule has 0 spiro atoms. The molecule has 3 aromatic rings. The topological polar surface area (TPSA) is 58.4 Å². The number of carbonyl (C=O) groups excluding carboxylic acids is 1. The highest BCUT2D eigenvalue weighted by Crippen LogP contribution is 2.27. The Bertz CT molecular complexity index is 1030. The Morgan fingerprint density at radius 2 is 1.87 bits per heavy atom. The van der Waals surface area contributed by atoms with Crippen molar-refractivity contribution in [3.63, 3.8) is 0 Å². The second-order valence-corrected chi connectivity index (χ2v) is 7.58. The van der Waals surface area contributed by atoms with Crippen molar-refractivity contribution in [2.75, 3.05) is 19.6 Å². The number of likely N-dealkylation sites (tertiary alicyclic amines) is 1. The van der Waals surface area contributed by atoms with Crippen LogP contribution in [0.5, 0.6) is 0 Å². The molecular weight excluding hydrogens is 388 g/mol. The predicted octanol–water partition coefficient (Wildman–Crippen LogP) is 4.50. The van der Waals surface area contributed by atoms with Crippen LogP contribution in [0.25, 0.3) is 11.3 Å². The fourth-order valence-electron chi connectivity index (χ4n) is 3.78. The van der Waals surface area contributed by atoms with Crippen LogP contribution >= 0.6 is 0 Å². The highest BCUT2D eigenvalue weighted by molar-refractivity contribution is 5.93. The zero-order valence-corrected chi connectivity index (χ0v) is 16.7. The molecule has 5 nitrogen and oxygen atoms in total. The van der Waals surface area contributed by atoms with Crippen LogP contribution in [0.3, 0.4) is 0 Å². The largest absolute Gasteiger partial charge is 0.355 e. The van der Waals surface area contributed by atoms with Gasteiger partial charge in [-0.25, -0.2) is 8.78 Å². The molecule has 1 aromatic heterocycles. The fourth-order valence-corrected chi connectivity index (χ4v) is 3.78. The van der Waals surface area contributed by atoms with Crippen LogP contribution in [0.1, 0.15) is 40.5 Å². The Balaban J connectivity index is 1.48. The monoisotopic (exact) mass is 411 g/mol. The molecule has 0 saturated carbocycles. The predicted molar refractivity (Wildman–Crippen MR) is 109 cm³/mol. The van der Waals surface area contributed by atoms with Crippen LogP contribution in [0, 0.1) is 18.6 Å². The van der Waals surface area contributed by atoms with E-state index in [9.17, 15) is 13.6 Å². The van der Waals surface area contributed by atoms with E-state index in [0.29, 0.717) is 11.3 Å².